The van der Waals surface area contributed by atoms with E-state index >= 15 is 0 Å². The van der Waals surface area contributed by atoms with Gasteiger partial charge in [0.2, 0.25) is 0 Å². The summed E-state index contributed by atoms with van der Waals surface area (Å²) >= 11 is 5.97. The molecule has 1 aliphatic heterocycles. The molecule has 1 unspecified atom stereocenters. The fourth-order valence-electron chi connectivity index (χ4n) is 2.97. The minimum absolute atomic E-state index is 0.665. The van der Waals surface area contributed by atoms with Crippen molar-refractivity contribution in [3.05, 3.63) is 58.6 Å². The molecule has 3 heteroatoms. The Bertz CT molecular complexity index is 624. The van der Waals surface area contributed by atoms with Gasteiger partial charge in [0.1, 0.15) is 0 Å². The van der Waals surface area contributed by atoms with Crippen molar-refractivity contribution >= 4 is 23.0 Å². The average molecular weight is 287 g/mol. The summed E-state index contributed by atoms with van der Waals surface area (Å²) in [5.74, 6) is 0.665. The van der Waals surface area contributed by atoms with Crippen LogP contribution in [-0.4, -0.2) is 6.54 Å². The molecule has 0 fully saturated rings. The third kappa shape index (κ3) is 2.61. The van der Waals surface area contributed by atoms with Crippen LogP contribution >= 0.6 is 11.6 Å². The average Bonchev–Trinajstić information content (AvgIpc) is 2.41. The molecule has 0 bridgehead atoms. The lowest BCUT2D eigenvalue weighted by atomic mass is 9.93. The first-order valence-corrected chi connectivity index (χ1v) is 7.38. The molecule has 20 heavy (non-hydrogen) atoms. The third-order valence-electron chi connectivity index (χ3n) is 3.90. The zero-order chi connectivity index (χ0) is 14.1. The van der Waals surface area contributed by atoms with E-state index in [0.29, 0.717) is 10.9 Å². The number of halogens is 1. The maximum absolute atomic E-state index is 6.08. The third-order valence-corrected chi connectivity index (χ3v) is 4.14. The zero-order valence-electron chi connectivity index (χ0n) is 11.6. The van der Waals surface area contributed by atoms with Gasteiger partial charge in [-0.25, -0.2) is 0 Å². The summed E-state index contributed by atoms with van der Waals surface area (Å²) in [6.45, 7) is 4.21. The van der Waals surface area contributed by atoms with Crippen LogP contribution in [0.1, 0.15) is 18.1 Å². The van der Waals surface area contributed by atoms with Crippen molar-refractivity contribution in [3.63, 3.8) is 0 Å². The molecular formula is C17H19ClN2. The number of benzene rings is 2. The maximum Gasteiger partial charge on any atom is 0.0450 e. The number of hydrogen-bond donors (Lipinski definition) is 1. The number of anilines is 2. The van der Waals surface area contributed by atoms with Gasteiger partial charge < -0.3 is 10.6 Å². The molecule has 2 aromatic carbocycles. The number of hydrogen-bond acceptors (Lipinski definition) is 2. The molecule has 2 aromatic rings. The Morgan fingerprint density at radius 3 is 2.85 bits per heavy atom. The number of para-hydroxylation sites is 1. The van der Waals surface area contributed by atoms with Crippen molar-refractivity contribution in [1.29, 1.82) is 0 Å². The molecule has 0 saturated heterocycles. The van der Waals surface area contributed by atoms with Gasteiger partial charge in [-0.3, -0.25) is 0 Å². The first-order chi connectivity index (χ1) is 9.63. The lowest BCUT2D eigenvalue weighted by Crippen LogP contribution is -2.33. The van der Waals surface area contributed by atoms with E-state index in [1.165, 1.54) is 11.3 Å². The number of nitrogens with two attached hydrogens (primary N) is 1. The highest BCUT2D eigenvalue weighted by molar-refractivity contribution is 6.30. The SMILES string of the molecule is CC1Cc2ccccc2N(Cc2ccc(Cl)cc2N)C1. The Morgan fingerprint density at radius 2 is 2.05 bits per heavy atom. The van der Waals surface area contributed by atoms with E-state index in [1.807, 2.05) is 18.2 Å². The van der Waals surface area contributed by atoms with Crippen LogP contribution in [0.4, 0.5) is 11.4 Å². The molecular weight excluding hydrogens is 268 g/mol. The Morgan fingerprint density at radius 1 is 1.25 bits per heavy atom. The van der Waals surface area contributed by atoms with E-state index < -0.39 is 0 Å². The molecule has 0 radical (unpaired) electrons. The van der Waals surface area contributed by atoms with Gasteiger partial charge in [0.25, 0.3) is 0 Å². The van der Waals surface area contributed by atoms with Crippen LogP contribution in [0.3, 0.4) is 0 Å². The molecule has 1 aliphatic rings. The molecule has 1 atom stereocenters. The van der Waals surface area contributed by atoms with E-state index in [2.05, 4.69) is 36.1 Å². The maximum atomic E-state index is 6.08. The molecule has 0 aromatic heterocycles. The number of rotatable bonds is 2. The van der Waals surface area contributed by atoms with Crippen LogP contribution in [0.2, 0.25) is 5.02 Å². The first-order valence-electron chi connectivity index (χ1n) is 7.00. The van der Waals surface area contributed by atoms with Crippen LogP contribution in [0.5, 0.6) is 0 Å². The van der Waals surface area contributed by atoms with Gasteiger partial charge in [-0.15, -0.1) is 0 Å². The van der Waals surface area contributed by atoms with Gasteiger partial charge >= 0.3 is 0 Å². The van der Waals surface area contributed by atoms with Crippen LogP contribution in [0, 0.1) is 5.92 Å². The van der Waals surface area contributed by atoms with Crippen LogP contribution in [0.15, 0.2) is 42.5 Å². The molecule has 2 nitrogen and oxygen atoms in total. The Labute approximate surface area is 125 Å². The van der Waals surface area contributed by atoms with Crippen molar-refractivity contribution in [2.24, 2.45) is 5.92 Å². The van der Waals surface area contributed by atoms with Crippen molar-refractivity contribution in [3.8, 4) is 0 Å². The van der Waals surface area contributed by atoms with Crippen LogP contribution in [-0.2, 0) is 13.0 Å². The van der Waals surface area contributed by atoms with Crippen LogP contribution in [0.25, 0.3) is 0 Å². The summed E-state index contributed by atoms with van der Waals surface area (Å²) in [6.07, 6.45) is 1.16. The second-order valence-electron chi connectivity index (χ2n) is 5.66. The van der Waals surface area contributed by atoms with Gasteiger partial charge in [-0.05, 0) is 41.7 Å². The largest absolute Gasteiger partial charge is 0.398 e. The highest BCUT2D eigenvalue weighted by Crippen LogP contribution is 2.31. The quantitative estimate of drug-likeness (QED) is 0.842. The molecule has 2 N–H and O–H groups in total. The fourth-order valence-corrected chi connectivity index (χ4v) is 3.15. The van der Waals surface area contributed by atoms with Crippen LogP contribution < -0.4 is 10.6 Å². The fraction of sp³-hybridized carbons (Fsp3) is 0.294. The smallest absolute Gasteiger partial charge is 0.0450 e. The van der Waals surface area contributed by atoms with E-state index in [4.69, 9.17) is 17.3 Å². The van der Waals surface area contributed by atoms with E-state index in [1.54, 1.807) is 0 Å². The summed E-state index contributed by atoms with van der Waals surface area (Å²) in [5.41, 5.74) is 10.8. The standard InChI is InChI=1S/C17H19ClN2/c1-12-8-13-4-2-3-5-17(13)20(10-12)11-14-6-7-15(18)9-16(14)19/h2-7,9,12H,8,10-11,19H2,1H3. The summed E-state index contributed by atoms with van der Waals surface area (Å²) in [6, 6.07) is 14.4. The molecule has 0 saturated carbocycles. The van der Waals surface area contributed by atoms with E-state index in [9.17, 15) is 0 Å². The number of nitrogens with zero attached hydrogens (tertiary/aromatic N) is 1. The highest BCUT2D eigenvalue weighted by Gasteiger charge is 2.21. The van der Waals surface area contributed by atoms with E-state index in [-0.39, 0.29) is 0 Å². The predicted octanol–water partition coefficient (Wildman–Crippen LogP) is 4.12. The lowest BCUT2D eigenvalue weighted by Gasteiger charge is -2.35. The topological polar surface area (TPSA) is 29.3 Å². The lowest BCUT2D eigenvalue weighted by molar-refractivity contribution is 0.530. The van der Waals surface area contributed by atoms with Gasteiger partial charge in [-0.2, -0.15) is 0 Å². The number of nitrogen functional groups attached to an aromatic ring is 1. The van der Waals surface area contributed by atoms with Gasteiger partial charge in [0.05, 0.1) is 0 Å². The van der Waals surface area contributed by atoms with Crippen molar-refractivity contribution < 1.29 is 0 Å². The molecule has 0 spiro atoms. The summed E-state index contributed by atoms with van der Waals surface area (Å²) in [4.78, 5) is 2.42. The predicted molar refractivity (Wildman–Crippen MR) is 86.2 cm³/mol. The normalized spacial score (nSPS) is 17.9. The Balaban J connectivity index is 1.91. The Hall–Kier alpha value is -1.67. The molecule has 104 valence electrons. The Kier molecular flexibility index (Phi) is 3.58. The van der Waals surface area contributed by atoms with Crippen molar-refractivity contribution in [2.45, 2.75) is 19.9 Å². The van der Waals surface area contributed by atoms with Crippen molar-refractivity contribution in [2.75, 3.05) is 17.2 Å². The summed E-state index contributed by atoms with van der Waals surface area (Å²) in [7, 11) is 0. The van der Waals surface area contributed by atoms with E-state index in [0.717, 1.165) is 30.8 Å². The van der Waals surface area contributed by atoms with Crippen molar-refractivity contribution in [1.82, 2.24) is 0 Å². The number of fused-ring (bicyclic) bond motifs is 1. The highest BCUT2D eigenvalue weighted by atomic mass is 35.5. The molecule has 3 rings (SSSR count). The summed E-state index contributed by atoms with van der Waals surface area (Å²) < 4.78 is 0. The van der Waals surface area contributed by atoms with Gasteiger partial charge in [0, 0.05) is 29.5 Å². The second-order valence-corrected chi connectivity index (χ2v) is 6.10. The summed E-state index contributed by atoms with van der Waals surface area (Å²) in [5, 5.41) is 0.693. The monoisotopic (exact) mass is 286 g/mol. The second kappa shape index (κ2) is 5.37. The zero-order valence-corrected chi connectivity index (χ0v) is 12.4. The van der Waals surface area contributed by atoms with Gasteiger partial charge in [-0.1, -0.05) is 42.8 Å². The minimum atomic E-state index is 0.665. The molecule has 0 amide bonds. The molecule has 1 heterocycles. The molecule has 0 aliphatic carbocycles. The van der Waals surface area contributed by atoms with Gasteiger partial charge in [0.15, 0.2) is 0 Å². The first kappa shape index (κ1) is 13.3. The minimum Gasteiger partial charge on any atom is -0.398 e.